The number of nitrogens with zero attached hydrogens (tertiary/aromatic N) is 2. The third kappa shape index (κ3) is 6.63. The molecule has 8 nitrogen and oxygen atoms in total. The molecule has 196 valence electrons. The van der Waals surface area contributed by atoms with Gasteiger partial charge in [-0.2, -0.15) is 0 Å². The van der Waals surface area contributed by atoms with Crippen LogP contribution in [0, 0.1) is 31.9 Å². The van der Waals surface area contributed by atoms with Gasteiger partial charge in [0, 0.05) is 55.7 Å². The number of nitro groups is 2. The second kappa shape index (κ2) is 11.7. The number of rotatable bonds is 9. The maximum Gasteiger partial charge on any atom is 0.324 e. The molecule has 0 bridgehead atoms. The van der Waals surface area contributed by atoms with Crippen LogP contribution in [0.25, 0.3) is 11.1 Å². The summed E-state index contributed by atoms with van der Waals surface area (Å²) in [6.45, 7) is 0. The Balaban J connectivity index is 1.88. The van der Waals surface area contributed by atoms with Crippen LogP contribution in [0.1, 0.15) is 27.0 Å². The molecule has 2 heterocycles. The van der Waals surface area contributed by atoms with Crippen molar-refractivity contribution >= 4 is 71.3 Å². The summed E-state index contributed by atoms with van der Waals surface area (Å²) in [5.41, 5.74) is 0.159. The van der Waals surface area contributed by atoms with Crippen LogP contribution < -0.4 is 0 Å². The van der Waals surface area contributed by atoms with Gasteiger partial charge in [-0.1, -0.05) is 38.6 Å². The number of carbonyl (C=O) groups excluding carboxylic acids is 2. The fourth-order valence-electron chi connectivity index (χ4n) is 3.50. The van der Waals surface area contributed by atoms with Crippen molar-refractivity contribution in [1.82, 2.24) is 0 Å². The Hall–Kier alpha value is -4.20. The molecule has 13 heteroatoms. The van der Waals surface area contributed by atoms with E-state index in [2.05, 4.69) is 15.9 Å². The van der Waals surface area contributed by atoms with Gasteiger partial charge < -0.3 is 0 Å². The van der Waals surface area contributed by atoms with Crippen LogP contribution in [0.2, 0.25) is 0 Å². The maximum atomic E-state index is 14.1. The molecule has 0 unspecified atom stereocenters. The van der Waals surface area contributed by atoms with E-state index in [1.54, 1.807) is 12.1 Å². The first-order valence-corrected chi connectivity index (χ1v) is 13.3. The van der Waals surface area contributed by atoms with Gasteiger partial charge >= 0.3 is 10.0 Å². The van der Waals surface area contributed by atoms with Gasteiger partial charge in [0.2, 0.25) is 0 Å². The highest BCUT2D eigenvalue weighted by Gasteiger charge is 2.21. The molecule has 0 spiro atoms. The molecular weight excluding hydrogens is 618 g/mol. The van der Waals surface area contributed by atoms with E-state index in [1.165, 1.54) is 35.0 Å². The molecule has 0 atom stereocenters. The minimum atomic E-state index is -0.981. The third-order valence-electron chi connectivity index (χ3n) is 5.27. The van der Waals surface area contributed by atoms with Crippen LogP contribution in [0.15, 0.2) is 82.0 Å². The quantitative estimate of drug-likeness (QED) is 0.0811. The van der Waals surface area contributed by atoms with Crippen molar-refractivity contribution in [3.05, 3.63) is 136 Å². The Bertz CT molecular complexity index is 1620. The lowest BCUT2D eigenvalue weighted by atomic mass is 9.94. The van der Waals surface area contributed by atoms with Gasteiger partial charge in [-0.15, -0.1) is 0 Å². The Morgan fingerprint density at radius 2 is 1.26 bits per heavy atom. The van der Waals surface area contributed by atoms with Crippen molar-refractivity contribution in [2.75, 3.05) is 0 Å². The van der Waals surface area contributed by atoms with Gasteiger partial charge in [0.1, 0.15) is 11.6 Å². The van der Waals surface area contributed by atoms with Crippen LogP contribution in [0.4, 0.5) is 18.8 Å². The smallest absolute Gasteiger partial charge is 0.289 e. The second-order valence-corrected chi connectivity index (χ2v) is 10.6. The molecule has 39 heavy (non-hydrogen) atoms. The standard InChI is InChI=1S/C26H13BrF2N2O6S2/c27-18-3-1-14(2-4-18)23(32)11-22(15-5-19(28)9-20(29)6-15)24(33)10-21(16-7-25(30(34)35)38-12-16)17-8-26(31(36)37)39-13-17/h1-13H. The molecule has 0 aliphatic heterocycles. The fraction of sp³-hybridized carbons (Fsp3) is 0. The lowest BCUT2D eigenvalue weighted by Crippen LogP contribution is -2.05. The van der Waals surface area contributed by atoms with E-state index >= 15 is 0 Å². The fourth-order valence-corrected chi connectivity index (χ4v) is 5.21. The average Bonchev–Trinajstić information content (AvgIpc) is 3.56. The first-order valence-electron chi connectivity index (χ1n) is 10.7. The molecule has 4 aromatic rings. The van der Waals surface area contributed by atoms with E-state index in [0.29, 0.717) is 10.5 Å². The lowest BCUT2D eigenvalue weighted by Gasteiger charge is -2.08. The molecular formula is C26H13BrF2N2O6S2. The Kier molecular flexibility index (Phi) is 8.33. The summed E-state index contributed by atoms with van der Waals surface area (Å²) in [6, 6.07) is 11.0. The third-order valence-corrected chi connectivity index (χ3v) is 7.56. The van der Waals surface area contributed by atoms with Crippen LogP contribution in [0.3, 0.4) is 0 Å². The van der Waals surface area contributed by atoms with E-state index in [1.807, 2.05) is 0 Å². The monoisotopic (exact) mass is 630 g/mol. The number of allylic oxidation sites excluding steroid dienone is 3. The molecule has 4 rings (SSSR count). The summed E-state index contributed by atoms with van der Waals surface area (Å²) < 4.78 is 28.9. The molecule has 0 saturated carbocycles. The van der Waals surface area contributed by atoms with Crippen molar-refractivity contribution in [2.45, 2.75) is 0 Å². The Labute approximate surface area is 235 Å². The topological polar surface area (TPSA) is 120 Å². The SMILES string of the molecule is O=C(C=C(c1csc([N+](=O)[O-])c1)c1csc([N+](=O)[O-])c1)C(=CC(=O)c1ccc(Br)cc1)c1cc(F)cc(F)c1. The first-order chi connectivity index (χ1) is 18.5. The Morgan fingerprint density at radius 1 is 0.744 bits per heavy atom. The molecule has 0 amide bonds. The predicted molar refractivity (Wildman–Crippen MR) is 147 cm³/mol. The van der Waals surface area contributed by atoms with Crippen molar-refractivity contribution in [2.24, 2.45) is 0 Å². The zero-order valence-corrected chi connectivity index (χ0v) is 22.5. The van der Waals surface area contributed by atoms with Gasteiger partial charge in [0.25, 0.3) is 0 Å². The van der Waals surface area contributed by atoms with Crippen molar-refractivity contribution in [3.63, 3.8) is 0 Å². The molecule has 0 fully saturated rings. The number of halogens is 3. The highest BCUT2D eigenvalue weighted by Crippen LogP contribution is 2.36. The van der Waals surface area contributed by atoms with Crippen molar-refractivity contribution in [1.29, 1.82) is 0 Å². The normalized spacial score (nSPS) is 11.2. The minimum Gasteiger partial charge on any atom is -0.289 e. The summed E-state index contributed by atoms with van der Waals surface area (Å²) in [6.07, 6.45) is 1.97. The van der Waals surface area contributed by atoms with Crippen LogP contribution >= 0.6 is 38.6 Å². The van der Waals surface area contributed by atoms with Gasteiger partial charge in [-0.3, -0.25) is 29.8 Å². The molecule has 2 aromatic carbocycles. The van der Waals surface area contributed by atoms with E-state index in [9.17, 15) is 38.6 Å². The molecule has 2 aromatic heterocycles. The van der Waals surface area contributed by atoms with E-state index < -0.39 is 33.0 Å². The second-order valence-electron chi connectivity index (χ2n) is 7.87. The predicted octanol–water partition coefficient (Wildman–Crippen LogP) is 7.63. The van der Waals surface area contributed by atoms with E-state index in [0.717, 1.165) is 47.0 Å². The number of hydrogen-bond acceptors (Lipinski definition) is 8. The highest BCUT2D eigenvalue weighted by atomic mass is 79.9. The Morgan fingerprint density at radius 3 is 1.72 bits per heavy atom. The zero-order valence-electron chi connectivity index (χ0n) is 19.3. The summed E-state index contributed by atoms with van der Waals surface area (Å²) in [4.78, 5) is 47.9. The molecule has 0 radical (unpaired) electrons. The molecule has 0 N–H and O–H groups in total. The summed E-state index contributed by atoms with van der Waals surface area (Å²) in [5.74, 6) is -3.44. The summed E-state index contributed by atoms with van der Waals surface area (Å²) >= 11 is 4.83. The van der Waals surface area contributed by atoms with Crippen molar-refractivity contribution < 1.29 is 28.2 Å². The van der Waals surface area contributed by atoms with Gasteiger partial charge in [-0.05, 0) is 59.7 Å². The van der Waals surface area contributed by atoms with Gasteiger partial charge in [0.05, 0.1) is 9.85 Å². The lowest BCUT2D eigenvalue weighted by molar-refractivity contribution is -0.380. The molecule has 0 aliphatic rings. The van der Waals surface area contributed by atoms with Crippen LogP contribution in [-0.4, -0.2) is 21.4 Å². The van der Waals surface area contributed by atoms with Crippen LogP contribution in [0.5, 0.6) is 0 Å². The highest BCUT2D eigenvalue weighted by molar-refractivity contribution is 9.10. The molecule has 0 aliphatic carbocycles. The van der Waals surface area contributed by atoms with Gasteiger partial charge in [0.15, 0.2) is 11.6 Å². The number of carbonyl (C=O) groups is 2. The van der Waals surface area contributed by atoms with E-state index in [4.69, 9.17) is 0 Å². The average molecular weight is 631 g/mol. The first kappa shape index (κ1) is 27.8. The maximum absolute atomic E-state index is 14.1. The minimum absolute atomic E-state index is 0.0903. The summed E-state index contributed by atoms with van der Waals surface area (Å²) in [7, 11) is 0. The number of ketones is 2. The molecule has 0 saturated heterocycles. The van der Waals surface area contributed by atoms with Crippen molar-refractivity contribution in [3.8, 4) is 0 Å². The zero-order chi connectivity index (χ0) is 28.3. The van der Waals surface area contributed by atoms with E-state index in [-0.39, 0.29) is 43.4 Å². The van der Waals surface area contributed by atoms with Crippen LogP contribution in [-0.2, 0) is 4.79 Å². The number of hydrogen-bond donors (Lipinski definition) is 0. The summed E-state index contributed by atoms with van der Waals surface area (Å²) in [5, 5.41) is 24.8. The number of thiophene rings is 2. The van der Waals surface area contributed by atoms with Gasteiger partial charge in [-0.25, -0.2) is 8.78 Å². The largest absolute Gasteiger partial charge is 0.324 e. The number of benzene rings is 2.